The molecule has 3 rings (SSSR count). The molecule has 0 spiro atoms. The van der Waals surface area contributed by atoms with E-state index in [0.29, 0.717) is 22.0 Å². The van der Waals surface area contributed by atoms with E-state index >= 15 is 0 Å². The molecule has 120 valence electrons. The molecule has 0 saturated carbocycles. The maximum Gasteiger partial charge on any atom is 0.277 e. The van der Waals surface area contributed by atoms with E-state index in [-0.39, 0.29) is 16.8 Å². The minimum Gasteiger partial charge on any atom is -0.364 e. The van der Waals surface area contributed by atoms with Crippen molar-refractivity contribution < 1.29 is 9.59 Å². The Bertz CT molecular complexity index is 754. The van der Waals surface area contributed by atoms with Gasteiger partial charge in [-0.05, 0) is 37.1 Å². The maximum absolute atomic E-state index is 12.6. The predicted molar refractivity (Wildman–Crippen MR) is 91.1 cm³/mol. The number of nitrogens with one attached hydrogen (secondary N) is 1. The predicted octanol–water partition coefficient (Wildman–Crippen LogP) is 2.89. The van der Waals surface area contributed by atoms with Crippen LogP contribution in [-0.2, 0) is 0 Å². The normalized spacial score (nSPS) is 17.3. The van der Waals surface area contributed by atoms with E-state index in [9.17, 15) is 9.59 Å². The van der Waals surface area contributed by atoms with Gasteiger partial charge in [0.15, 0.2) is 10.8 Å². The fourth-order valence-electron chi connectivity index (χ4n) is 2.69. The van der Waals surface area contributed by atoms with Crippen LogP contribution in [0.1, 0.15) is 39.6 Å². The molecule has 7 heteroatoms. The van der Waals surface area contributed by atoms with Gasteiger partial charge in [-0.1, -0.05) is 23.7 Å². The monoisotopic (exact) mass is 349 g/mol. The third kappa shape index (κ3) is 3.60. The Morgan fingerprint density at radius 2 is 2.26 bits per heavy atom. The summed E-state index contributed by atoms with van der Waals surface area (Å²) in [7, 11) is 0. The number of amides is 1. The van der Waals surface area contributed by atoms with Crippen LogP contribution in [0, 0.1) is 0 Å². The summed E-state index contributed by atoms with van der Waals surface area (Å²) >= 11 is 7.16. The van der Waals surface area contributed by atoms with Gasteiger partial charge in [-0.15, -0.1) is 11.3 Å². The number of halogens is 1. The maximum atomic E-state index is 12.6. The molecule has 0 aliphatic carbocycles. The summed E-state index contributed by atoms with van der Waals surface area (Å²) in [4.78, 5) is 28.9. The van der Waals surface area contributed by atoms with E-state index in [1.807, 2.05) is 6.07 Å². The van der Waals surface area contributed by atoms with Gasteiger partial charge in [0, 0.05) is 17.5 Å². The summed E-state index contributed by atoms with van der Waals surface area (Å²) in [6, 6.07) is 7.33. The molecule has 1 saturated heterocycles. The molecule has 3 N–H and O–H groups in total. The number of carbonyl (C=O) groups is 2. The molecular formula is C16H16ClN3O2S. The van der Waals surface area contributed by atoms with Crippen molar-refractivity contribution in [1.29, 1.82) is 0 Å². The quantitative estimate of drug-likeness (QED) is 0.813. The van der Waals surface area contributed by atoms with Crippen LogP contribution in [0.3, 0.4) is 0 Å². The molecule has 1 fully saturated rings. The van der Waals surface area contributed by atoms with Crippen molar-refractivity contribution in [2.75, 3.05) is 6.54 Å². The van der Waals surface area contributed by atoms with E-state index in [1.54, 1.807) is 18.2 Å². The molecule has 23 heavy (non-hydrogen) atoms. The van der Waals surface area contributed by atoms with E-state index in [1.165, 1.54) is 0 Å². The highest BCUT2D eigenvalue weighted by atomic mass is 35.5. The lowest BCUT2D eigenvalue weighted by Gasteiger charge is -2.08. The molecule has 0 radical (unpaired) electrons. The number of nitrogens with zero attached hydrogens (tertiary/aromatic N) is 1. The molecule has 1 atom stereocenters. The van der Waals surface area contributed by atoms with Crippen LogP contribution in [0.5, 0.6) is 0 Å². The highest BCUT2D eigenvalue weighted by Crippen LogP contribution is 2.33. The average Bonchev–Trinajstić information content (AvgIpc) is 3.16. The summed E-state index contributed by atoms with van der Waals surface area (Å²) < 4.78 is 0. The second-order valence-corrected chi connectivity index (χ2v) is 6.93. The zero-order valence-corrected chi connectivity index (χ0v) is 13.9. The number of Topliss-reactive ketones (excluding diaryl/α,β-unsaturated/α-hetero) is 1. The van der Waals surface area contributed by atoms with Gasteiger partial charge in [-0.3, -0.25) is 9.59 Å². The van der Waals surface area contributed by atoms with Crippen LogP contribution < -0.4 is 11.1 Å². The zero-order chi connectivity index (χ0) is 16.4. The highest BCUT2D eigenvalue weighted by Gasteiger charge is 2.25. The number of primary amides is 1. The molecule has 1 aromatic carbocycles. The summed E-state index contributed by atoms with van der Waals surface area (Å²) in [6.45, 7) is 0.933. The number of hydrogen-bond donors (Lipinski definition) is 2. The molecule has 0 bridgehead atoms. The number of ketones is 1. The van der Waals surface area contributed by atoms with Crippen molar-refractivity contribution in [2.45, 2.75) is 25.3 Å². The van der Waals surface area contributed by atoms with Gasteiger partial charge in [0.2, 0.25) is 0 Å². The smallest absolute Gasteiger partial charge is 0.277 e. The van der Waals surface area contributed by atoms with Crippen molar-refractivity contribution in [1.82, 2.24) is 10.3 Å². The lowest BCUT2D eigenvalue weighted by molar-refractivity contribution is 0.0968. The molecule has 2 aromatic rings. The van der Waals surface area contributed by atoms with Crippen molar-refractivity contribution in [3.8, 4) is 10.4 Å². The van der Waals surface area contributed by atoms with E-state index in [2.05, 4.69) is 10.3 Å². The third-order valence-electron chi connectivity index (χ3n) is 3.78. The number of aromatic nitrogens is 1. The number of hydrogen-bond acceptors (Lipinski definition) is 5. The van der Waals surface area contributed by atoms with Crippen LogP contribution in [0.4, 0.5) is 0 Å². The van der Waals surface area contributed by atoms with Crippen molar-refractivity contribution in [3.63, 3.8) is 0 Å². The summed E-state index contributed by atoms with van der Waals surface area (Å²) in [5, 5.41) is 4.00. The lowest BCUT2D eigenvalue weighted by Crippen LogP contribution is -2.25. The SMILES string of the molecule is NC(=O)c1nc(C(=O)C[C@H]2CCCN2)c(-c2cccc(Cl)c2)s1. The van der Waals surface area contributed by atoms with Crippen LogP contribution in [0.2, 0.25) is 5.02 Å². The number of thiazole rings is 1. The Labute approximate surface area is 142 Å². The van der Waals surface area contributed by atoms with Gasteiger partial charge in [-0.25, -0.2) is 4.98 Å². The van der Waals surface area contributed by atoms with E-state index < -0.39 is 5.91 Å². The Hall–Kier alpha value is -1.76. The van der Waals surface area contributed by atoms with Crippen LogP contribution >= 0.6 is 22.9 Å². The molecule has 2 heterocycles. The van der Waals surface area contributed by atoms with Gasteiger partial charge in [0.25, 0.3) is 5.91 Å². The topological polar surface area (TPSA) is 85.1 Å². The van der Waals surface area contributed by atoms with Gasteiger partial charge in [0.05, 0.1) is 4.88 Å². The summed E-state index contributed by atoms with van der Waals surface area (Å²) in [6.07, 6.45) is 2.42. The van der Waals surface area contributed by atoms with Gasteiger partial charge in [0.1, 0.15) is 5.69 Å². The standard InChI is InChI=1S/C16H16ClN3O2S/c17-10-4-1-3-9(7-10)14-13(20-16(23-14)15(18)22)12(21)8-11-5-2-6-19-11/h1,3-4,7,11,19H,2,5-6,8H2,(H2,18,22)/t11-/m1/s1. The second kappa shape index (κ2) is 6.78. The van der Waals surface area contributed by atoms with E-state index in [0.717, 1.165) is 36.3 Å². The average molecular weight is 350 g/mol. The van der Waals surface area contributed by atoms with Crippen LogP contribution in [0.15, 0.2) is 24.3 Å². The molecular weight excluding hydrogens is 334 g/mol. The van der Waals surface area contributed by atoms with Gasteiger partial charge >= 0.3 is 0 Å². The van der Waals surface area contributed by atoms with Crippen molar-refractivity contribution in [2.24, 2.45) is 5.73 Å². The van der Waals surface area contributed by atoms with Crippen molar-refractivity contribution in [3.05, 3.63) is 40.0 Å². The minimum absolute atomic E-state index is 0.0804. The number of benzene rings is 1. The van der Waals surface area contributed by atoms with Crippen LogP contribution in [0.25, 0.3) is 10.4 Å². The number of nitrogens with two attached hydrogens (primary N) is 1. The summed E-state index contributed by atoms with van der Waals surface area (Å²) in [5.74, 6) is -0.709. The zero-order valence-electron chi connectivity index (χ0n) is 12.3. The van der Waals surface area contributed by atoms with Crippen molar-refractivity contribution >= 4 is 34.6 Å². The molecule has 1 aliphatic rings. The molecule has 1 aromatic heterocycles. The first kappa shape index (κ1) is 16.1. The lowest BCUT2D eigenvalue weighted by atomic mass is 10.0. The molecule has 1 aliphatic heterocycles. The number of rotatable bonds is 5. The number of carbonyl (C=O) groups excluding carboxylic acids is 2. The second-order valence-electron chi connectivity index (χ2n) is 5.49. The molecule has 0 unspecified atom stereocenters. The fraction of sp³-hybridized carbons (Fsp3) is 0.312. The Kier molecular flexibility index (Phi) is 4.75. The minimum atomic E-state index is -0.628. The Balaban J connectivity index is 1.97. The van der Waals surface area contributed by atoms with Gasteiger partial charge in [-0.2, -0.15) is 0 Å². The molecule has 1 amide bonds. The fourth-order valence-corrected chi connectivity index (χ4v) is 3.81. The van der Waals surface area contributed by atoms with E-state index in [4.69, 9.17) is 17.3 Å². The first-order valence-corrected chi connectivity index (χ1v) is 8.57. The first-order valence-electron chi connectivity index (χ1n) is 7.38. The van der Waals surface area contributed by atoms with Gasteiger partial charge < -0.3 is 11.1 Å². The van der Waals surface area contributed by atoms with Crippen LogP contribution in [-0.4, -0.2) is 29.3 Å². The first-order chi connectivity index (χ1) is 11.0. The third-order valence-corrected chi connectivity index (χ3v) is 5.14. The Morgan fingerprint density at radius 1 is 1.43 bits per heavy atom. The Morgan fingerprint density at radius 3 is 2.91 bits per heavy atom. The highest BCUT2D eigenvalue weighted by molar-refractivity contribution is 7.17. The largest absolute Gasteiger partial charge is 0.364 e. The summed E-state index contributed by atoms with van der Waals surface area (Å²) in [5.41, 5.74) is 6.40. The molecule has 5 nitrogen and oxygen atoms in total.